The van der Waals surface area contributed by atoms with Gasteiger partial charge in [-0.05, 0) is 24.6 Å². The van der Waals surface area contributed by atoms with Gasteiger partial charge in [0.15, 0.2) is 0 Å². The number of hydrogen-bond donors (Lipinski definition) is 2. The van der Waals surface area contributed by atoms with Crippen LogP contribution in [-0.2, 0) is 9.53 Å². The molecule has 30 heavy (non-hydrogen) atoms. The Kier molecular flexibility index (Phi) is 8.24. The number of nitrogens with zero attached hydrogens (tertiary/aromatic N) is 2. The molecule has 3 rings (SSSR count). The number of aliphatic hydroxyl groups excluding tert-OH is 1. The first kappa shape index (κ1) is 22.7. The van der Waals surface area contributed by atoms with Crippen LogP contribution in [0.2, 0.25) is 5.02 Å². The molecule has 1 fully saturated rings. The van der Waals surface area contributed by atoms with Gasteiger partial charge in [0.05, 0.1) is 19.8 Å². The van der Waals surface area contributed by atoms with E-state index in [0.29, 0.717) is 27.7 Å². The molecule has 2 heterocycles. The number of ether oxygens (including phenoxy) is 1. The Morgan fingerprint density at radius 1 is 1.17 bits per heavy atom. The van der Waals surface area contributed by atoms with Gasteiger partial charge in [0.2, 0.25) is 5.91 Å². The lowest BCUT2D eigenvalue weighted by molar-refractivity contribution is -0.117. The third-order valence-electron chi connectivity index (χ3n) is 4.93. The second kappa shape index (κ2) is 10.9. The first-order chi connectivity index (χ1) is 14.5. The van der Waals surface area contributed by atoms with E-state index in [2.05, 4.69) is 15.1 Å². The molecular weight excluding hydrogens is 426 g/mol. The van der Waals surface area contributed by atoms with Crippen LogP contribution in [0, 0.1) is 0 Å². The lowest BCUT2D eigenvalue weighted by Crippen LogP contribution is -2.49. The molecule has 0 aliphatic carbocycles. The van der Waals surface area contributed by atoms with E-state index in [1.54, 1.807) is 19.1 Å². The number of carbonyl (C=O) groups excluding carboxylic acids is 2. The summed E-state index contributed by atoms with van der Waals surface area (Å²) in [4.78, 5) is 29.5. The predicted octanol–water partition coefficient (Wildman–Crippen LogP) is 2.79. The highest BCUT2D eigenvalue weighted by Gasteiger charge is 2.24. The van der Waals surface area contributed by atoms with Crippen LogP contribution in [0.3, 0.4) is 0 Å². The van der Waals surface area contributed by atoms with Crippen molar-refractivity contribution in [3.63, 3.8) is 0 Å². The Bertz CT molecular complexity index is 864. The Balaban J connectivity index is 1.71. The van der Waals surface area contributed by atoms with E-state index >= 15 is 0 Å². The number of nitrogens with one attached hydrogen (secondary N) is 1. The van der Waals surface area contributed by atoms with Gasteiger partial charge in [-0.3, -0.25) is 14.6 Å². The molecule has 0 bridgehead atoms. The average molecular weight is 452 g/mol. The van der Waals surface area contributed by atoms with Crippen LogP contribution in [0.15, 0.2) is 29.6 Å². The van der Waals surface area contributed by atoms with E-state index in [-0.39, 0.29) is 25.7 Å². The molecule has 9 heteroatoms. The molecule has 1 aliphatic heterocycles. The minimum absolute atomic E-state index is 0.144. The van der Waals surface area contributed by atoms with Crippen LogP contribution in [0.4, 0.5) is 5.00 Å². The van der Waals surface area contributed by atoms with Crippen molar-refractivity contribution in [2.45, 2.75) is 6.92 Å². The zero-order valence-corrected chi connectivity index (χ0v) is 18.5. The van der Waals surface area contributed by atoms with E-state index in [4.69, 9.17) is 21.4 Å². The van der Waals surface area contributed by atoms with Crippen molar-refractivity contribution in [1.82, 2.24) is 9.80 Å². The van der Waals surface area contributed by atoms with Gasteiger partial charge < -0.3 is 15.2 Å². The highest BCUT2D eigenvalue weighted by Crippen LogP contribution is 2.36. The molecule has 1 amide bonds. The molecule has 1 saturated heterocycles. The first-order valence-corrected chi connectivity index (χ1v) is 11.2. The molecule has 0 saturated carbocycles. The summed E-state index contributed by atoms with van der Waals surface area (Å²) in [6.45, 7) is 6.22. The summed E-state index contributed by atoms with van der Waals surface area (Å²) in [6, 6.07) is 7.20. The van der Waals surface area contributed by atoms with E-state index in [1.807, 2.05) is 17.5 Å². The summed E-state index contributed by atoms with van der Waals surface area (Å²) in [5, 5.41) is 14.9. The van der Waals surface area contributed by atoms with Crippen molar-refractivity contribution in [2.24, 2.45) is 0 Å². The summed E-state index contributed by atoms with van der Waals surface area (Å²) >= 11 is 7.28. The van der Waals surface area contributed by atoms with Gasteiger partial charge in [0, 0.05) is 48.7 Å². The fraction of sp³-hybridized carbons (Fsp3) is 0.429. The minimum Gasteiger partial charge on any atom is -0.462 e. The molecule has 0 radical (unpaired) electrons. The summed E-state index contributed by atoms with van der Waals surface area (Å²) in [7, 11) is 0. The predicted molar refractivity (Wildman–Crippen MR) is 119 cm³/mol. The van der Waals surface area contributed by atoms with Gasteiger partial charge in [-0.1, -0.05) is 23.7 Å². The van der Waals surface area contributed by atoms with Crippen LogP contribution in [0.1, 0.15) is 17.3 Å². The summed E-state index contributed by atoms with van der Waals surface area (Å²) in [5.41, 5.74) is 1.91. The number of β-amino-alcohol motifs (C(OH)–C–C–N with tert-alkyl or cyclic N) is 1. The number of thiophene rings is 1. The SMILES string of the molecule is CCOC(=O)c1c(-c2ccc(Cl)cc2)csc1NC(=O)CN1CCN(CCO)CC1. The number of esters is 1. The number of anilines is 1. The first-order valence-electron chi connectivity index (χ1n) is 9.91. The van der Waals surface area contributed by atoms with Crippen molar-refractivity contribution in [2.75, 3.05) is 57.8 Å². The molecule has 162 valence electrons. The van der Waals surface area contributed by atoms with Gasteiger partial charge in [-0.25, -0.2) is 4.79 Å². The second-order valence-corrected chi connectivity index (χ2v) is 8.29. The van der Waals surface area contributed by atoms with Crippen LogP contribution in [0.5, 0.6) is 0 Å². The smallest absolute Gasteiger partial charge is 0.341 e. The van der Waals surface area contributed by atoms with Crippen LogP contribution < -0.4 is 5.32 Å². The maximum atomic E-state index is 12.6. The number of rotatable bonds is 8. The molecular formula is C21H26ClN3O4S. The maximum absolute atomic E-state index is 12.6. The van der Waals surface area contributed by atoms with Crippen molar-refractivity contribution < 1.29 is 19.4 Å². The molecule has 1 aromatic carbocycles. The summed E-state index contributed by atoms with van der Waals surface area (Å²) in [6.07, 6.45) is 0. The third kappa shape index (κ3) is 5.80. The van der Waals surface area contributed by atoms with E-state index in [0.717, 1.165) is 31.7 Å². The number of amides is 1. The Morgan fingerprint density at radius 2 is 1.83 bits per heavy atom. The largest absolute Gasteiger partial charge is 0.462 e. The maximum Gasteiger partial charge on any atom is 0.341 e. The number of carbonyl (C=O) groups is 2. The van der Waals surface area contributed by atoms with Crippen LogP contribution in [0.25, 0.3) is 11.1 Å². The van der Waals surface area contributed by atoms with E-state index in [1.165, 1.54) is 11.3 Å². The van der Waals surface area contributed by atoms with Crippen molar-refractivity contribution >= 4 is 39.8 Å². The topological polar surface area (TPSA) is 82.1 Å². The number of piperazine rings is 1. The van der Waals surface area contributed by atoms with Gasteiger partial charge >= 0.3 is 5.97 Å². The monoisotopic (exact) mass is 451 g/mol. The van der Waals surface area contributed by atoms with Crippen molar-refractivity contribution in [3.8, 4) is 11.1 Å². The molecule has 7 nitrogen and oxygen atoms in total. The van der Waals surface area contributed by atoms with E-state index < -0.39 is 5.97 Å². The Morgan fingerprint density at radius 3 is 2.47 bits per heavy atom. The van der Waals surface area contributed by atoms with Gasteiger partial charge in [0.25, 0.3) is 0 Å². The zero-order chi connectivity index (χ0) is 21.5. The number of hydrogen-bond acceptors (Lipinski definition) is 7. The average Bonchev–Trinajstić information content (AvgIpc) is 3.14. The molecule has 2 N–H and O–H groups in total. The normalized spacial score (nSPS) is 15.2. The van der Waals surface area contributed by atoms with Crippen molar-refractivity contribution in [3.05, 3.63) is 40.2 Å². The van der Waals surface area contributed by atoms with Gasteiger partial charge in [0.1, 0.15) is 10.6 Å². The van der Waals surface area contributed by atoms with Crippen molar-refractivity contribution in [1.29, 1.82) is 0 Å². The highest BCUT2D eigenvalue weighted by molar-refractivity contribution is 7.15. The lowest BCUT2D eigenvalue weighted by atomic mass is 10.0. The second-order valence-electron chi connectivity index (χ2n) is 6.97. The number of halogens is 1. The van der Waals surface area contributed by atoms with Gasteiger partial charge in [-0.2, -0.15) is 0 Å². The molecule has 1 aliphatic rings. The molecule has 0 atom stereocenters. The van der Waals surface area contributed by atoms with Crippen LogP contribution >= 0.6 is 22.9 Å². The quantitative estimate of drug-likeness (QED) is 0.600. The van der Waals surface area contributed by atoms with Crippen LogP contribution in [-0.4, -0.2) is 79.3 Å². The Labute approximate surface area is 185 Å². The zero-order valence-electron chi connectivity index (χ0n) is 16.9. The third-order valence-corrected chi connectivity index (χ3v) is 6.07. The fourth-order valence-corrected chi connectivity index (χ4v) is 4.48. The standard InChI is InChI=1S/C21H26ClN3O4S/c1-2-29-21(28)19-17(15-3-5-16(22)6-4-15)14-30-20(19)23-18(27)13-25-9-7-24(8-10-25)11-12-26/h3-6,14,26H,2,7-13H2,1H3,(H,23,27). The van der Waals surface area contributed by atoms with Gasteiger partial charge in [-0.15, -0.1) is 11.3 Å². The summed E-state index contributed by atoms with van der Waals surface area (Å²) in [5.74, 6) is -0.628. The Hall–Kier alpha value is -1.97. The lowest BCUT2D eigenvalue weighted by Gasteiger charge is -2.33. The highest BCUT2D eigenvalue weighted by atomic mass is 35.5. The number of aliphatic hydroxyl groups is 1. The van der Waals surface area contributed by atoms with E-state index in [9.17, 15) is 9.59 Å². The fourth-order valence-electron chi connectivity index (χ4n) is 3.38. The molecule has 1 aromatic heterocycles. The minimum atomic E-state index is -0.461. The molecule has 0 spiro atoms. The molecule has 2 aromatic rings. The number of benzene rings is 1. The molecule has 0 unspecified atom stereocenters. The summed E-state index contributed by atoms with van der Waals surface area (Å²) < 4.78 is 5.23.